The minimum atomic E-state index is -0.448. The van der Waals surface area contributed by atoms with Gasteiger partial charge in [0.25, 0.3) is 5.69 Å². The molecular formula is C19H28N4O4. The molecule has 1 amide bonds. The summed E-state index contributed by atoms with van der Waals surface area (Å²) in [7, 11) is 0. The highest BCUT2D eigenvalue weighted by Crippen LogP contribution is 2.23. The van der Waals surface area contributed by atoms with Crippen LogP contribution < -0.4 is 4.90 Å². The number of nitro benzene ring substituents is 1. The Morgan fingerprint density at radius 3 is 2.26 bits per heavy atom. The molecule has 0 unspecified atom stereocenters. The van der Waals surface area contributed by atoms with Crippen molar-refractivity contribution in [3.8, 4) is 0 Å². The number of carbonyl (C=O) groups excluding carboxylic acids is 1. The number of non-ortho nitro benzene ring substituents is 1. The lowest BCUT2D eigenvalue weighted by Gasteiger charge is -2.44. The lowest BCUT2D eigenvalue weighted by atomic mass is 10.00. The molecule has 0 spiro atoms. The summed E-state index contributed by atoms with van der Waals surface area (Å²) in [6.07, 6.45) is -0.221. The molecule has 1 aromatic rings. The van der Waals surface area contributed by atoms with Crippen LogP contribution in [0.15, 0.2) is 24.3 Å². The molecule has 2 aliphatic heterocycles. The van der Waals surface area contributed by atoms with E-state index in [9.17, 15) is 14.9 Å². The Morgan fingerprint density at radius 1 is 1.15 bits per heavy atom. The van der Waals surface area contributed by atoms with Crippen molar-refractivity contribution in [1.29, 1.82) is 0 Å². The van der Waals surface area contributed by atoms with Gasteiger partial charge in [0, 0.05) is 69.6 Å². The third-order valence-corrected chi connectivity index (χ3v) is 4.92. The van der Waals surface area contributed by atoms with Gasteiger partial charge in [-0.15, -0.1) is 0 Å². The third kappa shape index (κ3) is 5.09. The third-order valence-electron chi connectivity index (χ3n) is 4.92. The number of benzene rings is 1. The highest BCUT2D eigenvalue weighted by molar-refractivity contribution is 5.69. The van der Waals surface area contributed by atoms with Gasteiger partial charge in [0.1, 0.15) is 5.60 Å². The molecule has 3 rings (SSSR count). The highest BCUT2D eigenvalue weighted by Gasteiger charge is 2.35. The van der Waals surface area contributed by atoms with Crippen LogP contribution in [0.5, 0.6) is 0 Å². The quantitative estimate of drug-likeness (QED) is 0.594. The fourth-order valence-corrected chi connectivity index (χ4v) is 3.50. The molecular weight excluding hydrogens is 348 g/mol. The van der Waals surface area contributed by atoms with E-state index in [1.807, 2.05) is 32.9 Å². The van der Waals surface area contributed by atoms with Crippen LogP contribution in [-0.2, 0) is 4.74 Å². The molecule has 0 atom stereocenters. The maximum absolute atomic E-state index is 12.0. The van der Waals surface area contributed by atoms with Gasteiger partial charge < -0.3 is 14.5 Å². The van der Waals surface area contributed by atoms with Gasteiger partial charge in [-0.1, -0.05) is 0 Å². The zero-order valence-corrected chi connectivity index (χ0v) is 16.3. The number of hydrogen-bond acceptors (Lipinski definition) is 6. The normalized spacial score (nSPS) is 18.9. The van der Waals surface area contributed by atoms with Gasteiger partial charge in [-0.3, -0.25) is 15.0 Å². The SMILES string of the molecule is CC(C)(C)OC(=O)N1CC(CN2CCN(c3ccc([N+](=O)[O-])cc3)CC2)C1. The monoisotopic (exact) mass is 376 g/mol. The maximum Gasteiger partial charge on any atom is 0.410 e. The summed E-state index contributed by atoms with van der Waals surface area (Å²) in [5.41, 5.74) is 0.702. The predicted octanol–water partition coefficient (Wildman–Crippen LogP) is 2.58. The molecule has 8 nitrogen and oxygen atoms in total. The summed E-state index contributed by atoms with van der Waals surface area (Å²) in [6, 6.07) is 6.75. The van der Waals surface area contributed by atoms with Gasteiger partial charge in [-0.25, -0.2) is 4.79 Å². The number of hydrogen-bond donors (Lipinski definition) is 0. The first-order chi connectivity index (χ1) is 12.7. The molecule has 0 aromatic heterocycles. The largest absolute Gasteiger partial charge is 0.444 e. The fraction of sp³-hybridized carbons (Fsp3) is 0.632. The van der Waals surface area contributed by atoms with Crippen LogP contribution in [0.2, 0.25) is 0 Å². The fourth-order valence-electron chi connectivity index (χ4n) is 3.50. The van der Waals surface area contributed by atoms with Crippen molar-refractivity contribution < 1.29 is 14.5 Å². The van der Waals surface area contributed by atoms with E-state index in [0.717, 1.165) is 51.5 Å². The first-order valence-corrected chi connectivity index (χ1v) is 9.41. The molecule has 8 heteroatoms. The van der Waals surface area contributed by atoms with Crippen molar-refractivity contribution in [2.45, 2.75) is 26.4 Å². The molecule has 27 heavy (non-hydrogen) atoms. The van der Waals surface area contributed by atoms with E-state index in [0.29, 0.717) is 5.92 Å². The predicted molar refractivity (Wildman–Crippen MR) is 103 cm³/mol. The minimum Gasteiger partial charge on any atom is -0.444 e. The second-order valence-electron chi connectivity index (χ2n) is 8.31. The Morgan fingerprint density at radius 2 is 1.74 bits per heavy atom. The average Bonchev–Trinajstić information content (AvgIpc) is 2.56. The topological polar surface area (TPSA) is 79.2 Å². The number of nitro groups is 1. The smallest absolute Gasteiger partial charge is 0.410 e. The van der Waals surface area contributed by atoms with Gasteiger partial charge in [0.05, 0.1) is 4.92 Å². The number of anilines is 1. The van der Waals surface area contributed by atoms with Crippen molar-refractivity contribution in [2.24, 2.45) is 5.92 Å². The Labute approximate surface area is 159 Å². The summed E-state index contributed by atoms with van der Waals surface area (Å²) in [5.74, 6) is 0.503. The number of rotatable bonds is 4. The van der Waals surface area contributed by atoms with E-state index in [1.54, 1.807) is 17.0 Å². The lowest BCUT2D eigenvalue weighted by molar-refractivity contribution is -0.384. The van der Waals surface area contributed by atoms with Crippen LogP contribution in [0.4, 0.5) is 16.2 Å². The molecule has 2 aliphatic rings. The molecule has 2 saturated heterocycles. The summed E-state index contributed by atoms with van der Waals surface area (Å²) >= 11 is 0. The molecule has 0 radical (unpaired) electrons. The zero-order chi connectivity index (χ0) is 19.6. The van der Waals surface area contributed by atoms with Gasteiger partial charge in [-0.05, 0) is 32.9 Å². The second-order valence-corrected chi connectivity index (χ2v) is 8.31. The van der Waals surface area contributed by atoms with Crippen LogP contribution in [0, 0.1) is 16.0 Å². The van der Waals surface area contributed by atoms with Gasteiger partial charge in [0.15, 0.2) is 0 Å². The number of piperazine rings is 1. The summed E-state index contributed by atoms with van der Waals surface area (Å²) in [6.45, 7) is 11.9. The summed E-state index contributed by atoms with van der Waals surface area (Å²) < 4.78 is 5.39. The van der Waals surface area contributed by atoms with E-state index in [-0.39, 0.29) is 16.7 Å². The van der Waals surface area contributed by atoms with Crippen LogP contribution >= 0.6 is 0 Å². The lowest BCUT2D eigenvalue weighted by Crippen LogP contribution is -2.57. The van der Waals surface area contributed by atoms with Gasteiger partial charge >= 0.3 is 6.09 Å². The van der Waals surface area contributed by atoms with Crippen molar-refractivity contribution in [3.05, 3.63) is 34.4 Å². The molecule has 2 heterocycles. The van der Waals surface area contributed by atoms with Gasteiger partial charge in [-0.2, -0.15) is 0 Å². The van der Waals surface area contributed by atoms with E-state index >= 15 is 0 Å². The summed E-state index contributed by atoms with van der Waals surface area (Å²) in [5, 5.41) is 10.8. The van der Waals surface area contributed by atoms with Crippen LogP contribution in [0.25, 0.3) is 0 Å². The van der Waals surface area contributed by atoms with E-state index < -0.39 is 5.60 Å². The second kappa shape index (κ2) is 7.72. The zero-order valence-electron chi connectivity index (χ0n) is 16.3. The Kier molecular flexibility index (Phi) is 5.55. The van der Waals surface area contributed by atoms with Crippen molar-refractivity contribution in [2.75, 3.05) is 50.7 Å². The molecule has 148 valence electrons. The average molecular weight is 376 g/mol. The minimum absolute atomic E-state index is 0.122. The first-order valence-electron chi connectivity index (χ1n) is 9.41. The standard InChI is InChI=1S/C19H28N4O4/c1-19(2,3)27-18(24)22-13-15(14-22)12-20-8-10-21(11-9-20)16-4-6-17(7-5-16)23(25)26/h4-7,15H,8-14H2,1-3H3. The number of nitrogens with zero attached hydrogens (tertiary/aromatic N) is 4. The highest BCUT2D eigenvalue weighted by atomic mass is 16.6. The maximum atomic E-state index is 12.0. The van der Waals surface area contributed by atoms with E-state index in [2.05, 4.69) is 9.80 Å². The number of likely N-dealkylation sites (tertiary alicyclic amines) is 1. The van der Waals surface area contributed by atoms with E-state index in [1.165, 1.54) is 0 Å². The van der Waals surface area contributed by atoms with Crippen LogP contribution in [0.3, 0.4) is 0 Å². The number of amides is 1. The molecule has 2 fully saturated rings. The molecule has 0 bridgehead atoms. The Hall–Kier alpha value is -2.35. The number of ether oxygens (including phenoxy) is 1. The molecule has 1 aromatic carbocycles. The van der Waals surface area contributed by atoms with Crippen LogP contribution in [-0.4, -0.2) is 72.2 Å². The molecule has 0 saturated carbocycles. The van der Waals surface area contributed by atoms with E-state index in [4.69, 9.17) is 4.74 Å². The molecule has 0 N–H and O–H groups in total. The van der Waals surface area contributed by atoms with Gasteiger partial charge in [0.2, 0.25) is 0 Å². The summed E-state index contributed by atoms with van der Waals surface area (Å²) in [4.78, 5) is 28.8. The van der Waals surface area contributed by atoms with Crippen molar-refractivity contribution in [1.82, 2.24) is 9.80 Å². The first kappa shape index (κ1) is 19.4. The molecule has 0 aliphatic carbocycles. The van der Waals surface area contributed by atoms with Crippen molar-refractivity contribution in [3.63, 3.8) is 0 Å². The Bertz CT molecular complexity index is 672. The van der Waals surface area contributed by atoms with Crippen molar-refractivity contribution >= 4 is 17.5 Å². The Balaban J connectivity index is 1.39. The van der Waals surface area contributed by atoms with Crippen LogP contribution in [0.1, 0.15) is 20.8 Å². The number of carbonyl (C=O) groups is 1.